The Hall–Kier alpha value is -3.65. The number of sulfonamides is 1. The highest BCUT2D eigenvalue weighted by molar-refractivity contribution is 7.92. The maximum Gasteiger partial charge on any atom is 0.419 e. The van der Waals surface area contributed by atoms with Crippen molar-refractivity contribution in [1.29, 1.82) is 0 Å². The number of hydrogen-bond donors (Lipinski definition) is 1. The summed E-state index contributed by atoms with van der Waals surface area (Å²) in [5.74, 6) is -1.12. The Bertz CT molecular complexity index is 1480. The molecule has 0 saturated carbocycles. The number of rotatable bonds is 8. The summed E-state index contributed by atoms with van der Waals surface area (Å²) in [7, 11) is -1.43. The van der Waals surface area contributed by atoms with Gasteiger partial charge in [-0.25, -0.2) is 8.42 Å². The highest BCUT2D eigenvalue weighted by Crippen LogP contribution is 2.41. The van der Waals surface area contributed by atoms with E-state index in [0.29, 0.717) is 43.5 Å². The number of benzene rings is 3. The monoisotopic (exact) mass is 590 g/mol. The predicted octanol–water partition coefficient (Wildman–Crippen LogP) is 6.41. The number of halogens is 6. The molecule has 0 spiro atoms. The molecular weight excluding hydrogens is 566 g/mol. The Balaban J connectivity index is 1.67. The van der Waals surface area contributed by atoms with Crippen molar-refractivity contribution in [2.45, 2.75) is 29.8 Å². The van der Waals surface area contributed by atoms with Crippen LogP contribution in [0.5, 0.6) is 23.0 Å². The first-order chi connectivity index (χ1) is 18.7. The quantitative estimate of drug-likeness (QED) is 0.306. The first-order valence-corrected chi connectivity index (χ1v) is 13.3. The fourth-order valence-electron chi connectivity index (χ4n) is 4.08. The number of ether oxygens (including phenoxy) is 3. The zero-order valence-corrected chi connectivity index (χ0v) is 22.0. The van der Waals surface area contributed by atoms with E-state index >= 15 is 0 Å². The molecule has 1 saturated heterocycles. The van der Waals surface area contributed by atoms with E-state index in [-0.39, 0.29) is 11.4 Å². The molecule has 0 bridgehead atoms. The summed E-state index contributed by atoms with van der Waals surface area (Å²) in [5.41, 5.74) is -2.60. The van der Waals surface area contributed by atoms with Gasteiger partial charge < -0.3 is 19.1 Å². The third kappa shape index (κ3) is 6.91. The molecule has 40 heavy (non-hydrogen) atoms. The minimum atomic E-state index is -4.88. The van der Waals surface area contributed by atoms with Gasteiger partial charge in [0.15, 0.2) is 0 Å². The first-order valence-electron chi connectivity index (χ1n) is 11.8. The molecule has 1 atom stereocenters. The van der Waals surface area contributed by atoms with Crippen LogP contribution in [0.25, 0.3) is 0 Å². The largest absolute Gasteiger partial charge is 0.497 e. The molecule has 0 amide bonds. The predicted molar refractivity (Wildman–Crippen MR) is 133 cm³/mol. The second kappa shape index (κ2) is 11.1. The van der Waals surface area contributed by atoms with Gasteiger partial charge in [-0.3, -0.25) is 4.72 Å². The third-order valence-corrected chi connectivity index (χ3v) is 7.40. The number of likely N-dealkylation sites (tertiary alicyclic amines) is 1. The summed E-state index contributed by atoms with van der Waals surface area (Å²) in [4.78, 5) is 1.26. The molecule has 1 unspecified atom stereocenters. The molecule has 0 radical (unpaired) electrons. The van der Waals surface area contributed by atoms with Crippen molar-refractivity contribution in [2.24, 2.45) is 0 Å². The van der Waals surface area contributed by atoms with Crippen LogP contribution >= 0.6 is 0 Å². The van der Waals surface area contributed by atoms with E-state index in [1.807, 2.05) is 4.90 Å². The van der Waals surface area contributed by atoms with Gasteiger partial charge in [0, 0.05) is 31.3 Å². The van der Waals surface area contributed by atoms with Crippen molar-refractivity contribution in [3.8, 4) is 23.0 Å². The molecule has 4 rings (SSSR count). The maximum absolute atomic E-state index is 13.7. The molecule has 1 N–H and O–H groups in total. The summed E-state index contributed by atoms with van der Waals surface area (Å²) in [6.45, 7) is 1.00. The molecule has 14 heteroatoms. The van der Waals surface area contributed by atoms with Crippen LogP contribution in [0.2, 0.25) is 0 Å². The maximum atomic E-state index is 13.7. The third-order valence-electron chi connectivity index (χ3n) is 6.02. The lowest BCUT2D eigenvalue weighted by Gasteiger charge is -2.20. The van der Waals surface area contributed by atoms with Crippen LogP contribution in [-0.2, 0) is 22.4 Å². The number of anilines is 1. The fraction of sp³-hybridized carbons (Fsp3) is 0.308. The van der Waals surface area contributed by atoms with Gasteiger partial charge >= 0.3 is 12.4 Å². The number of hydrogen-bond acceptors (Lipinski definition) is 6. The zero-order chi connectivity index (χ0) is 29.3. The van der Waals surface area contributed by atoms with Gasteiger partial charge in [-0.2, -0.15) is 26.3 Å². The molecule has 0 aromatic heterocycles. The van der Waals surface area contributed by atoms with Gasteiger partial charge in [-0.1, -0.05) is 6.07 Å². The van der Waals surface area contributed by atoms with Crippen LogP contribution < -0.4 is 18.9 Å². The van der Waals surface area contributed by atoms with E-state index in [4.69, 9.17) is 14.2 Å². The summed E-state index contributed by atoms with van der Waals surface area (Å²) in [6, 6.07) is 10.1. The minimum absolute atomic E-state index is 0.0468. The van der Waals surface area contributed by atoms with E-state index in [1.54, 1.807) is 7.05 Å². The van der Waals surface area contributed by atoms with Crippen molar-refractivity contribution >= 4 is 15.7 Å². The number of nitrogens with zero attached hydrogens (tertiary/aromatic N) is 1. The lowest BCUT2D eigenvalue weighted by molar-refractivity contribution is -0.139. The number of nitrogens with one attached hydrogen (secondary N) is 1. The van der Waals surface area contributed by atoms with E-state index < -0.39 is 56.0 Å². The molecule has 3 aromatic carbocycles. The average molecular weight is 591 g/mol. The second-order valence-corrected chi connectivity index (χ2v) is 10.7. The van der Waals surface area contributed by atoms with Gasteiger partial charge in [0.25, 0.3) is 10.0 Å². The Morgan fingerprint density at radius 2 is 1.52 bits per heavy atom. The average Bonchev–Trinajstić information content (AvgIpc) is 3.27. The lowest BCUT2D eigenvalue weighted by Crippen LogP contribution is -2.23. The van der Waals surface area contributed by atoms with Crippen LogP contribution in [-0.4, -0.2) is 46.7 Å². The zero-order valence-electron chi connectivity index (χ0n) is 21.1. The molecular formula is C26H24F6N2O5S. The molecule has 1 heterocycles. The van der Waals surface area contributed by atoms with Crippen LogP contribution in [0.4, 0.5) is 32.0 Å². The minimum Gasteiger partial charge on any atom is -0.497 e. The van der Waals surface area contributed by atoms with Crippen molar-refractivity contribution < 1.29 is 49.0 Å². The topological polar surface area (TPSA) is 77.1 Å². The molecule has 1 aliphatic rings. The summed E-state index contributed by atoms with van der Waals surface area (Å²) >= 11 is 0. The van der Waals surface area contributed by atoms with E-state index in [1.165, 1.54) is 31.4 Å². The van der Waals surface area contributed by atoms with Gasteiger partial charge in [0.05, 0.1) is 28.8 Å². The number of methoxy groups -OCH3 is 1. The van der Waals surface area contributed by atoms with Crippen LogP contribution in [0, 0.1) is 0 Å². The Morgan fingerprint density at radius 3 is 2.15 bits per heavy atom. The summed E-state index contributed by atoms with van der Waals surface area (Å²) in [6.07, 6.45) is -9.70. The molecule has 7 nitrogen and oxygen atoms in total. The fourth-order valence-corrected chi connectivity index (χ4v) is 5.15. The SMILES string of the molecule is COc1cccc(Oc2cc(S(=O)(=O)Nc3ccc(C(F)(F)F)c(OC4CCN(C)C4)c3)ccc2C(F)(F)F)c1. The molecule has 3 aromatic rings. The van der Waals surface area contributed by atoms with E-state index in [9.17, 15) is 34.8 Å². The Labute approximate surface area is 226 Å². The van der Waals surface area contributed by atoms with Crippen LogP contribution in [0.1, 0.15) is 17.5 Å². The normalized spacial score (nSPS) is 16.6. The van der Waals surface area contributed by atoms with Crippen LogP contribution in [0.3, 0.4) is 0 Å². The Kier molecular flexibility index (Phi) is 8.13. The summed E-state index contributed by atoms with van der Waals surface area (Å²) < 4.78 is 126. The lowest BCUT2D eigenvalue weighted by atomic mass is 10.1. The molecule has 1 aliphatic heterocycles. The molecule has 1 fully saturated rings. The van der Waals surface area contributed by atoms with Gasteiger partial charge in [-0.05, 0) is 49.9 Å². The summed E-state index contributed by atoms with van der Waals surface area (Å²) in [5, 5.41) is 0. The van der Waals surface area contributed by atoms with Gasteiger partial charge in [0.2, 0.25) is 0 Å². The highest BCUT2D eigenvalue weighted by atomic mass is 32.2. The smallest absolute Gasteiger partial charge is 0.419 e. The second-order valence-electron chi connectivity index (χ2n) is 9.04. The van der Waals surface area contributed by atoms with Crippen molar-refractivity contribution in [1.82, 2.24) is 4.90 Å². The van der Waals surface area contributed by atoms with Crippen LogP contribution in [0.15, 0.2) is 65.6 Å². The molecule has 0 aliphatic carbocycles. The number of alkyl halides is 6. The van der Waals surface area contributed by atoms with Gasteiger partial charge in [0.1, 0.15) is 29.1 Å². The van der Waals surface area contributed by atoms with Crippen molar-refractivity contribution in [3.63, 3.8) is 0 Å². The first kappa shape index (κ1) is 29.3. The van der Waals surface area contributed by atoms with E-state index in [0.717, 1.165) is 18.2 Å². The Morgan fingerprint density at radius 1 is 0.875 bits per heavy atom. The van der Waals surface area contributed by atoms with Gasteiger partial charge in [-0.15, -0.1) is 0 Å². The standard InChI is InChI=1S/C26H24F6N2O5S/c1-34-11-10-19(15-34)39-23-12-16(6-8-21(23)25(27,28)29)33-40(35,36)20-7-9-22(26(30,31)32)24(14-20)38-18-5-3-4-17(13-18)37-2/h3-9,12-14,19,33H,10-11,15H2,1-2H3. The van der Waals surface area contributed by atoms with E-state index in [2.05, 4.69) is 4.72 Å². The molecule has 216 valence electrons. The van der Waals surface area contributed by atoms with Crippen molar-refractivity contribution in [3.05, 3.63) is 71.8 Å². The highest BCUT2D eigenvalue weighted by Gasteiger charge is 2.37. The van der Waals surface area contributed by atoms with Crippen molar-refractivity contribution in [2.75, 3.05) is 32.0 Å². The number of likely N-dealkylation sites (N-methyl/N-ethyl adjacent to an activating group) is 1.